The van der Waals surface area contributed by atoms with Gasteiger partial charge in [-0.05, 0) is 13.3 Å². The minimum Gasteiger partial charge on any atom is -0.463 e. The highest BCUT2D eigenvalue weighted by Crippen LogP contribution is 2.13. The predicted octanol–water partition coefficient (Wildman–Crippen LogP) is 6.05. The zero-order chi connectivity index (χ0) is 17.0. The van der Waals surface area contributed by atoms with Crippen LogP contribution in [0, 0.1) is 0 Å². The summed E-state index contributed by atoms with van der Waals surface area (Å²) in [6, 6.07) is 0. The minimum absolute atomic E-state index is 0.0761. The SMILES string of the molecule is CCCCCCCCCCCCCCCC(=O)OCCOCC. The van der Waals surface area contributed by atoms with Crippen molar-refractivity contribution >= 4 is 5.97 Å². The fraction of sp³-hybridized carbons (Fsp3) is 0.950. The second kappa shape index (κ2) is 19.5. The molecule has 0 bridgehead atoms. The fourth-order valence-electron chi connectivity index (χ4n) is 2.72. The summed E-state index contributed by atoms with van der Waals surface area (Å²) in [5, 5.41) is 0. The van der Waals surface area contributed by atoms with E-state index in [2.05, 4.69) is 6.92 Å². The summed E-state index contributed by atoms with van der Waals surface area (Å²) in [4.78, 5) is 11.4. The zero-order valence-electron chi connectivity index (χ0n) is 15.7. The molecular weight excluding hydrogens is 288 g/mol. The lowest BCUT2D eigenvalue weighted by Gasteiger charge is -2.05. The summed E-state index contributed by atoms with van der Waals surface area (Å²) in [5.74, 6) is -0.0761. The van der Waals surface area contributed by atoms with E-state index in [1.54, 1.807) is 0 Å². The molecule has 0 saturated carbocycles. The monoisotopic (exact) mass is 328 g/mol. The molecule has 0 spiro atoms. The van der Waals surface area contributed by atoms with Crippen LogP contribution in [0.1, 0.15) is 104 Å². The van der Waals surface area contributed by atoms with E-state index in [9.17, 15) is 4.79 Å². The Labute approximate surface area is 144 Å². The van der Waals surface area contributed by atoms with Gasteiger partial charge in [0.05, 0.1) is 6.61 Å². The van der Waals surface area contributed by atoms with E-state index in [0.717, 1.165) is 12.8 Å². The first-order valence-electron chi connectivity index (χ1n) is 10.0. The van der Waals surface area contributed by atoms with E-state index in [4.69, 9.17) is 9.47 Å². The van der Waals surface area contributed by atoms with Crippen LogP contribution in [-0.2, 0) is 14.3 Å². The molecular formula is C20H40O3. The Kier molecular flexibility index (Phi) is 19.0. The highest BCUT2D eigenvalue weighted by atomic mass is 16.6. The van der Waals surface area contributed by atoms with E-state index in [1.165, 1.54) is 70.6 Å². The zero-order valence-corrected chi connectivity index (χ0v) is 15.7. The summed E-state index contributed by atoms with van der Waals surface area (Å²) in [6.45, 7) is 5.79. The van der Waals surface area contributed by atoms with E-state index in [0.29, 0.717) is 26.2 Å². The van der Waals surface area contributed by atoms with Crippen LogP contribution in [0.25, 0.3) is 0 Å². The number of ether oxygens (including phenoxy) is 2. The summed E-state index contributed by atoms with van der Waals surface area (Å²) in [7, 11) is 0. The number of unbranched alkanes of at least 4 members (excludes halogenated alkanes) is 12. The molecule has 0 atom stereocenters. The van der Waals surface area contributed by atoms with Gasteiger partial charge in [-0.3, -0.25) is 4.79 Å². The predicted molar refractivity (Wildman–Crippen MR) is 97.8 cm³/mol. The number of hydrogen-bond donors (Lipinski definition) is 0. The van der Waals surface area contributed by atoms with Crippen LogP contribution in [0.3, 0.4) is 0 Å². The van der Waals surface area contributed by atoms with Crippen molar-refractivity contribution in [2.75, 3.05) is 19.8 Å². The quantitative estimate of drug-likeness (QED) is 0.227. The molecule has 0 aromatic carbocycles. The topological polar surface area (TPSA) is 35.5 Å². The number of carbonyl (C=O) groups is 1. The highest BCUT2D eigenvalue weighted by Gasteiger charge is 2.02. The number of hydrogen-bond acceptors (Lipinski definition) is 3. The molecule has 138 valence electrons. The molecule has 0 heterocycles. The minimum atomic E-state index is -0.0761. The van der Waals surface area contributed by atoms with Gasteiger partial charge in [0.2, 0.25) is 0 Å². The van der Waals surface area contributed by atoms with Crippen LogP contribution in [0.4, 0.5) is 0 Å². The number of esters is 1. The maximum atomic E-state index is 11.4. The Morgan fingerprint density at radius 2 is 1.13 bits per heavy atom. The van der Waals surface area contributed by atoms with E-state index in [1.807, 2.05) is 6.92 Å². The van der Waals surface area contributed by atoms with Gasteiger partial charge in [0, 0.05) is 13.0 Å². The van der Waals surface area contributed by atoms with Gasteiger partial charge in [0.1, 0.15) is 6.61 Å². The van der Waals surface area contributed by atoms with Gasteiger partial charge in [-0.1, -0.05) is 84.0 Å². The van der Waals surface area contributed by atoms with Crippen molar-refractivity contribution in [2.45, 2.75) is 104 Å². The summed E-state index contributed by atoms with van der Waals surface area (Å²) >= 11 is 0. The van der Waals surface area contributed by atoms with Crippen molar-refractivity contribution in [1.82, 2.24) is 0 Å². The van der Waals surface area contributed by atoms with E-state index in [-0.39, 0.29) is 5.97 Å². The largest absolute Gasteiger partial charge is 0.463 e. The van der Waals surface area contributed by atoms with E-state index >= 15 is 0 Å². The molecule has 0 aliphatic rings. The van der Waals surface area contributed by atoms with Crippen molar-refractivity contribution in [3.63, 3.8) is 0 Å². The Bertz CT molecular complexity index is 241. The summed E-state index contributed by atoms with van der Waals surface area (Å²) in [6.07, 6.45) is 17.8. The molecule has 0 rings (SSSR count). The molecule has 0 N–H and O–H groups in total. The van der Waals surface area contributed by atoms with Gasteiger partial charge in [0.15, 0.2) is 0 Å². The second-order valence-electron chi connectivity index (χ2n) is 6.41. The third kappa shape index (κ3) is 19.4. The van der Waals surface area contributed by atoms with Crippen LogP contribution in [-0.4, -0.2) is 25.8 Å². The molecule has 0 unspecified atom stereocenters. The van der Waals surface area contributed by atoms with Crippen LogP contribution >= 0.6 is 0 Å². The average molecular weight is 329 g/mol. The molecule has 0 aliphatic carbocycles. The first-order valence-corrected chi connectivity index (χ1v) is 10.0. The molecule has 0 fully saturated rings. The molecule has 0 aromatic rings. The van der Waals surface area contributed by atoms with Crippen molar-refractivity contribution < 1.29 is 14.3 Å². The first-order chi connectivity index (χ1) is 11.3. The van der Waals surface area contributed by atoms with Crippen LogP contribution in [0.15, 0.2) is 0 Å². The Morgan fingerprint density at radius 3 is 1.61 bits per heavy atom. The average Bonchev–Trinajstić information content (AvgIpc) is 2.56. The Morgan fingerprint density at radius 1 is 0.652 bits per heavy atom. The molecule has 0 aliphatic heterocycles. The van der Waals surface area contributed by atoms with Crippen molar-refractivity contribution in [2.24, 2.45) is 0 Å². The molecule has 0 amide bonds. The third-order valence-electron chi connectivity index (χ3n) is 4.18. The van der Waals surface area contributed by atoms with Gasteiger partial charge in [-0.25, -0.2) is 0 Å². The first kappa shape index (κ1) is 22.4. The molecule has 3 nitrogen and oxygen atoms in total. The van der Waals surface area contributed by atoms with Gasteiger partial charge >= 0.3 is 5.97 Å². The maximum absolute atomic E-state index is 11.4. The molecule has 23 heavy (non-hydrogen) atoms. The lowest BCUT2D eigenvalue weighted by Crippen LogP contribution is -2.10. The normalized spacial score (nSPS) is 10.9. The Balaban J connectivity index is 3.08. The number of carbonyl (C=O) groups excluding carboxylic acids is 1. The standard InChI is InChI=1S/C20H40O3/c1-3-5-6-7-8-9-10-11-12-13-14-15-16-17-20(21)23-19-18-22-4-2/h3-19H2,1-2H3. The van der Waals surface area contributed by atoms with Gasteiger partial charge < -0.3 is 9.47 Å². The lowest BCUT2D eigenvalue weighted by atomic mass is 10.0. The van der Waals surface area contributed by atoms with Crippen molar-refractivity contribution in [3.05, 3.63) is 0 Å². The fourth-order valence-corrected chi connectivity index (χ4v) is 2.72. The summed E-state index contributed by atoms with van der Waals surface area (Å²) in [5.41, 5.74) is 0. The van der Waals surface area contributed by atoms with Gasteiger partial charge in [0.25, 0.3) is 0 Å². The van der Waals surface area contributed by atoms with Crippen molar-refractivity contribution in [3.8, 4) is 0 Å². The smallest absolute Gasteiger partial charge is 0.305 e. The number of rotatable bonds is 18. The van der Waals surface area contributed by atoms with Crippen LogP contribution in [0.5, 0.6) is 0 Å². The van der Waals surface area contributed by atoms with E-state index < -0.39 is 0 Å². The molecule has 0 radical (unpaired) electrons. The van der Waals surface area contributed by atoms with Crippen LogP contribution < -0.4 is 0 Å². The second-order valence-corrected chi connectivity index (χ2v) is 6.41. The van der Waals surface area contributed by atoms with Gasteiger partial charge in [-0.15, -0.1) is 0 Å². The maximum Gasteiger partial charge on any atom is 0.305 e. The summed E-state index contributed by atoms with van der Waals surface area (Å²) < 4.78 is 10.2. The molecule has 0 saturated heterocycles. The van der Waals surface area contributed by atoms with Gasteiger partial charge in [-0.2, -0.15) is 0 Å². The molecule has 3 heteroatoms. The third-order valence-corrected chi connectivity index (χ3v) is 4.18. The van der Waals surface area contributed by atoms with Crippen molar-refractivity contribution in [1.29, 1.82) is 0 Å². The highest BCUT2D eigenvalue weighted by molar-refractivity contribution is 5.69. The Hall–Kier alpha value is -0.570. The molecule has 0 aromatic heterocycles. The lowest BCUT2D eigenvalue weighted by molar-refractivity contribution is -0.145. The van der Waals surface area contributed by atoms with Crippen LogP contribution in [0.2, 0.25) is 0 Å².